The minimum Gasteiger partial charge on any atom is -0.333 e. The number of carbonyl (C=O) groups is 1. The summed E-state index contributed by atoms with van der Waals surface area (Å²) in [5.74, 6) is 2.03. The van der Waals surface area contributed by atoms with Crippen LogP contribution in [0.25, 0.3) is 0 Å². The number of amides is 1. The Labute approximate surface area is 125 Å². The molecule has 2 atom stereocenters. The Kier molecular flexibility index (Phi) is 4.24. The fourth-order valence-electron chi connectivity index (χ4n) is 3.44. The van der Waals surface area contributed by atoms with E-state index in [0.717, 1.165) is 31.5 Å². The van der Waals surface area contributed by atoms with Crippen LogP contribution in [0, 0.1) is 5.92 Å². The van der Waals surface area contributed by atoms with Gasteiger partial charge in [0, 0.05) is 18.5 Å². The van der Waals surface area contributed by atoms with Crippen LogP contribution in [0.4, 0.5) is 0 Å². The number of carbonyl (C=O) groups excluding carboxylic acids is 1. The predicted molar refractivity (Wildman–Crippen MR) is 79.9 cm³/mol. The summed E-state index contributed by atoms with van der Waals surface area (Å²) < 4.78 is 0. The van der Waals surface area contributed by atoms with Crippen molar-refractivity contribution in [3.05, 3.63) is 11.6 Å². The molecule has 2 unspecified atom stereocenters. The van der Waals surface area contributed by atoms with Gasteiger partial charge in [-0.05, 0) is 45.1 Å². The number of nitrogens with one attached hydrogen (secondary N) is 1. The van der Waals surface area contributed by atoms with E-state index in [0.29, 0.717) is 30.7 Å². The lowest BCUT2D eigenvalue weighted by molar-refractivity contribution is 0.0548. The topological polar surface area (TPSA) is 87.9 Å². The molecule has 2 aliphatic rings. The van der Waals surface area contributed by atoms with Gasteiger partial charge in [-0.25, -0.2) is 4.98 Å². The van der Waals surface area contributed by atoms with Gasteiger partial charge in [0.25, 0.3) is 5.91 Å². The second-order valence-electron chi connectivity index (χ2n) is 6.26. The number of rotatable bonds is 5. The van der Waals surface area contributed by atoms with Gasteiger partial charge >= 0.3 is 0 Å². The predicted octanol–water partition coefficient (Wildman–Crippen LogP) is 1.66. The van der Waals surface area contributed by atoms with Crippen LogP contribution in [0.15, 0.2) is 0 Å². The Morgan fingerprint density at radius 3 is 2.76 bits per heavy atom. The molecule has 116 valence electrons. The van der Waals surface area contributed by atoms with E-state index in [4.69, 9.17) is 5.73 Å². The molecule has 0 bridgehead atoms. The highest BCUT2D eigenvalue weighted by molar-refractivity contribution is 5.90. The third kappa shape index (κ3) is 2.95. The van der Waals surface area contributed by atoms with Crippen molar-refractivity contribution in [2.45, 2.75) is 57.4 Å². The Hall–Kier alpha value is -1.43. The van der Waals surface area contributed by atoms with E-state index in [1.54, 1.807) is 0 Å². The summed E-state index contributed by atoms with van der Waals surface area (Å²) >= 11 is 0. The molecule has 3 rings (SSSR count). The molecule has 0 saturated heterocycles. The maximum absolute atomic E-state index is 12.7. The van der Waals surface area contributed by atoms with Crippen LogP contribution >= 0.6 is 0 Å². The van der Waals surface area contributed by atoms with Crippen LogP contribution < -0.4 is 5.73 Å². The first kappa shape index (κ1) is 14.5. The molecule has 1 heterocycles. The first-order valence-electron chi connectivity index (χ1n) is 8.18. The van der Waals surface area contributed by atoms with Crippen molar-refractivity contribution in [3.63, 3.8) is 0 Å². The molecule has 0 aliphatic heterocycles. The standard InChI is InChI=1S/C15H25N5O/c1-2-20(12-6-4-3-5-11(12)9-16)15(21)14-17-13(18-19-14)10-7-8-10/h10-12H,2-9,16H2,1H3,(H,17,18,19). The molecule has 6 nitrogen and oxygen atoms in total. The van der Waals surface area contributed by atoms with Gasteiger partial charge in [0.2, 0.25) is 5.82 Å². The SMILES string of the molecule is CCN(C(=O)c1n[nH]c(C2CC2)n1)C1CCCCC1CN. The molecule has 2 aliphatic carbocycles. The largest absolute Gasteiger partial charge is 0.333 e. The minimum absolute atomic E-state index is 0.0500. The second-order valence-corrected chi connectivity index (χ2v) is 6.26. The first-order chi connectivity index (χ1) is 10.2. The quantitative estimate of drug-likeness (QED) is 0.863. The van der Waals surface area contributed by atoms with E-state index in [9.17, 15) is 4.79 Å². The molecule has 2 fully saturated rings. The van der Waals surface area contributed by atoms with Crippen LogP contribution in [0.5, 0.6) is 0 Å². The molecule has 0 spiro atoms. The summed E-state index contributed by atoms with van der Waals surface area (Å²) in [5, 5.41) is 7.06. The smallest absolute Gasteiger partial charge is 0.293 e. The van der Waals surface area contributed by atoms with Gasteiger partial charge < -0.3 is 10.6 Å². The highest BCUT2D eigenvalue weighted by atomic mass is 16.2. The number of H-pyrrole nitrogens is 1. The number of aromatic amines is 1. The number of hydrogen-bond donors (Lipinski definition) is 2. The number of nitrogens with two attached hydrogens (primary N) is 1. The molecule has 1 amide bonds. The van der Waals surface area contributed by atoms with Gasteiger partial charge in [0.15, 0.2) is 0 Å². The zero-order valence-corrected chi connectivity index (χ0v) is 12.7. The lowest BCUT2D eigenvalue weighted by Crippen LogP contribution is -2.48. The molecule has 21 heavy (non-hydrogen) atoms. The van der Waals surface area contributed by atoms with Gasteiger partial charge in [0.1, 0.15) is 5.82 Å². The lowest BCUT2D eigenvalue weighted by atomic mass is 9.83. The molecule has 0 radical (unpaired) electrons. The summed E-state index contributed by atoms with van der Waals surface area (Å²) in [5.41, 5.74) is 5.90. The Morgan fingerprint density at radius 1 is 1.33 bits per heavy atom. The van der Waals surface area contributed by atoms with Gasteiger partial charge in [-0.3, -0.25) is 9.89 Å². The average Bonchev–Trinajstić information content (AvgIpc) is 3.25. The highest BCUT2D eigenvalue weighted by Gasteiger charge is 2.34. The minimum atomic E-state index is -0.0500. The summed E-state index contributed by atoms with van der Waals surface area (Å²) in [4.78, 5) is 19.1. The number of hydrogen-bond acceptors (Lipinski definition) is 4. The van der Waals surface area contributed by atoms with Crippen molar-refractivity contribution in [1.82, 2.24) is 20.1 Å². The van der Waals surface area contributed by atoms with Gasteiger partial charge in [-0.2, -0.15) is 0 Å². The summed E-state index contributed by atoms with van der Waals surface area (Å²) in [7, 11) is 0. The Balaban J connectivity index is 1.75. The Morgan fingerprint density at radius 2 is 2.10 bits per heavy atom. The first-order valence-corrected chi connectivity index (χ1v) is 8.18. The average molecular weight is 291 g/mol. The molecule has 1 aromatic heterocycles. The van der Waals surface area contributed by atoms with Crippen molar-refractivity contribution < 1.29 is 4.79 Å². The van der Waals surface area contributed by atoms with Crippen LogP contribution in [-0.4, -0.2) is 45.1 Å². The van der Waals surface area contributed by atoms with Crippen LogP contribution in [0.3, 0.4) is 0 Å². The van der Waals surface area contributed by atoms with Crippen LogP contribution in [0.1, 0.15) is 67.8 Å². The number of nitrogens with zero attached hydrogens (tertiary/aromatic N) is 3. The van der Waals surface area contributed by atoms with Crippen LogP contribution in [-0.2, 0) is 0 Å². The molecule has 3 N–H and O–H groups in total. The summed E-state index contributed by atoms with van der Waals surface area (Å²) in [6, 6.07) is 0.240. The fraction of sp³-hybridized carbons (Fsp3) is 0.800. The third-order valence-electron chi connectivity index (χ3n) is 4.83. The lowest BCUT2D eigenvalue weighted by Gasteiger charge is -2.38. The van der Waals surface area contributed by atoms with E-state index in [1.807, 2.05) is 11.8 Å². The van der Waals surface area contributed by atoms with Crippen molar-refractivity contribution in [1.29, 1.82) is 0 Å². The fourth-order valence-corrected chi connectivity index (χ4v) is 3.44. The summed E-state index contributed by atoms with van der Waals surface area (Å²) in [6.07, 6.45) is 6.85. The highest BCUT2D eigenvalue weighted by Crippen LogP contribution is 2.38. The van der Waals surface area contributed by atoms with Crippen molar-refractivity contribution >= 4 is 5.91 Å². The molecule has 0 aromatic carbocycles. The van der Waals surface area contributed by atoms with E-state index >= 15 is 0 Å². The third-order valence-corrected chi connectivity index (χ3v) is 4.83. The van der Waals surface area contributed by atoms with Crippen molar-refractivity contribution in [2.75, 3.05) is 13.1 Å². The molecule has 1 aromatic rings. The summed E-state index contributed by atoms with van der Waals surface area (Å²) in [6.45, 7) is 3.36. The van der Waals surface area contributed by atoms with E-state index in [2.05, 4.69) is 15.2 Å². The maximum atomic E-state index is 12.7. The second kappa shape index (κ2) is 6.13. The zero-order chi connectivity index (χ0) is 14.8. The normalized spacial score (nSPS) is 25.8. The van der Waals surface area contributed by atoms with Gasteiger partial charge in [-0.1, -0.05) is 12.8 Å². The van der Waals surface area contributed by atoms with Gasteiger partial charge in [-0.15, -0.1) is 5.10 Å². The van der Waals surface area contributed by atoms with Gasteiger partial charge in [0.05, 0.1) is 0 Å². The zero-order valence-electron chi connectivity index (χ0n) is 12.7. The van der Waals surface area contributed by atoms with E-state index < -0.39 is 0 Å². The maximum Gasteiger partial charge on any atom is 0.293 e. The van der Waals surface area contributed by atoms with E-state index in [-0.39, 0.29) is 11.9 Å². The van der Waals surface area contributed by atoms with Crippen molar-refractivity contribution in [3.8, 4) is 0 Å². The molecule has 6 heteroatoms. The van der Waals surface area contributed by atoms with E-state index in [1.165, 1.54) is 12.8 Å². The Bertz CT molecular complexity index is 496. The van der Waals surface area contributed by atoms with Crippen molar-refractivity contribution in [2.24, 2.45) is 11.7 Å². The molecular weight excluding hydrogens is 266 g/mol. The monoisotopic (exact) mass is 291 g/mol. The number of aromatic nitrogens is 3. The molecular formula is C15H25N5O. The van der Waals surface area contributed by atoms with Crippen LogP contribution in [0.2, 0.25) is 0 Å². The molecule has 2 saturated carbocycles.